The lowest BCUT2D eigenvalue weighted by Crippen LogP contribution is -2.07. The molecule has 3 N–H and O–H groups in total. The predicted octanol–water partition coefficient (Wildman–Crippen LogP) is 0.145. The molecule has 5 nitrogen and oxygen atoms in total. The van der Waals surface area contributed by atoms with Crippen molar-refractivity contribution in [1.82, 2.24) is 9.97 Å². The van der Waals surface area contributed by atoms with E-state index < -0.39 is 0 Å². The molecule has 1 atom stereocenters. The van der Waals surface area contributed by atoms with Gasteiger partial charge in [-0.3, -0.25) is 4.79 Å². The molecule has 0 amide bonds. The Bertz CT molecular complexity index is 293. The van der Waals surface area contributed by atoms with E-state index in [1.54, 1.807) is 6.20 Å². The molecule has 1 heterocycles. The molecule has 0 radical (unpaired) electrons. The predicted molar refractivity (Wildman–Crippen MR) is 46.9 cm³/mol. The van der Waals surface area contributed by atoms with E-state index in [0.29, 0.717) is 5.82 Å². The van der Waals surface area contributed by atoms with Crippen LogP contribution < -0.4 is 5.73 Å². The SMILES string of the molecule is COC(=O)Cc1ncc(C(C)N)[nH]1. The normalized spacial score (nSPS) is 12.5. The van der Waals surface area contributed by atoms with E-state index in [0.717, 1.165) is 5.69 Å². The molecule has 0 saturated carbocycles. The fourth-order valence-electron chi connectivity index (χ4n) is 0.909. The Balaban J connectivity index is 2.64. The lowest BCUT2D eigenvalue weighted by molar-refractivity contribution is -0.139. The van der Waals surface area contributed by atoms with E-state index in [2.05, 4.69) is 14.7 Å². The van der Waals surface area contributed by atoms with Crippen LogP contribution in [0.3, 0.4) is 0 Å². The summed E-state index contributed by atoms with van der Waals surface area (Å²) in [5.74, 6) is 0.268. The number of rotatable bonds is 3. The van der Waals surface area contributed by atoms with E-state index >= 15 is 0 Å². The van der Waals surface area contributed by atoms with Gasteiger partial charge in [-0.2, -0.15) is 0 Å². The van der Waals surface area contributed by atoms with Gasteiger partial charge in [0.05, 0.1) is 12.8 Å². The molecule has 72 valence electrons. The third kappa shape index (κ3) is 2.55. The van der Waals surface area contributed by atoms with Crippen molar-refractivity contribution in [1.29, 1.82) is 0 Å². The van der Waals surface area contributed by atoms with Gasteiger partial charge in [0.15, 0.2) is 0 Å². The van der Waals surface area contributed by atoms with Crippen LogP contribution in [0.2, 0.25) is 0 Å². The van der Waals surface area contributed by atoms with Crippen LogP contribution in [-0.2, 0) is 16.0 Å². The number of nitrogens with one attached hydrogen (secondary N) is 1. The molecule has 0 aliphatic heterocycles. The summed E-state index contributed by atoms with van der Waals surface area (Å²) in [7, 11) is 1.34. The summed E-state index contributed by atoms with van der Waals surface area (Å²) in [6, 6.07) is -0.0982. The standard InChI is InChI=1S/C8H13N3O2/c1-5(9)6-4-10-7(11-6)3-8(12)13-2/h4-5H,3,9H2,1-2H3,(H,10,11). The van der Waals surface area contributed by atoms with Gasteiger partial charge < -0.3 is 15.5 Å². The maximum Gasteiger partial charge on any atom is 0.313 e. The molecule has 0 fully saturated rings. The average molecular weight is 183 g/mol. The molecule has 1 aromatic rings. The zero-order chi connectivity index (χ0) is 9.84. The third-order valence-corrected chi connectivity index (χ3v) is 1.68. The number of imidazole rings is 1. The fourth-order valence-corrected chi connectivity index (χ4v) is 0.909. The summed E-state index contributed by atoms with van der Waals surface area (Å²) < 4.78 is 4.49. The lowest BCUT2D eigenvalue weighted by Gasteiger charge is -1.99. The Morgan fingerprint density at radius 2 is 2.54 bits per heavy atom. The first-order valence-corrected chi connectivity index (χ1v) is 3.99. The highest BCUT2D eigenvalue weighted by Gasteiger charge is 2.08. The van der Waals surface area contributed by atoms with Gasteiger partial charge in [-0.1, -0.05) is 0 Å². The van der Waals surface area contributed by atoms with Crippen LogP contribution in [0.15, 0.2) is 6.20 Å². The highest BCUT2D eigenvalue weighted by Crippen LogP contribution is 2.06. The topological polar surface area (TPSA) is 81.0 Å². The summed E-state index contributed by atoms with van der Waals surface area (Å²) >= 11 is 0. The Labute approximate surface area is 76.3 Å². The summed E-state index contributed by atoms with van der Waals surface area (Å²) in [5, 5.41) is 0. The quantitative estimate of drug-likeness (QED) is 0.653. The average Bonchev–Trinajstić information content (AvgIpc) is 2.52. The number of methoxy groups -OCH3 is 1. The van der Waals surface area contributed by atoms with Crippen molar-refractivity contribution in [2.24, 2.45) is 5.73 Å². The number of nitrogens with two attached hydrogens (primary N) is 1. The second-order valence-electron chi connectivity index (χ2n) is 2.83. The highest BCUT2D eigenvalue weighted by molar-refractivity contribution is 5.71. The van der Waals surface area contributed by atoms with E-state index in [4.69, 9.17) is 5.73 Å². The monoisotopic (exact) mass is 183 g/mol. The molecule has 1 rings (SSSR count). The molecule has 1 unspecified atom stereocenters. The smallest absolute Gasteiger partial charge is 0.313 e. The summed E-state index contributed by atoms with van der Waals surface area (Å²) in [6.07, 6.45) is 1.78. The van der Waals surface area contributed by atoms with Crippen molar-refractivity contribution in [3.63, 3.8) is 0 Å². The number of hydrogen-bond donors (Lipinski definition) is 2. The molecule has 0 aliphatic carbocycles. The van der Waals surface area contributed by atoms with Gasteiger partial charge in [-0.15, -0.1) is 0 Å². The van der Waals surface area contributed by atoms with E-state index in [-0.39, 0.29) is 18.4 Å². The van der Waals surface area contributed by atoms with Crippen molar-refractivity contribution in [2.45, 2.75) is 19.4 Å². The number of aromatic nitrogens is 2. The maximum absolute atomic E-state index is 10.8. The minimum atomic E-state index is -0.314. The van der Waals surface area contributed by atoms with E-state index in [1.165, 1.54) is 7.11 Å². The van der Waals surface area contributed by atoms with Gasteiger partial charge >= 0.3 is 5.97 Å². The summed E-state index contributed by atoms with van der Waals surface area (Å²) in [4.78, 5) is 17.8. The van der Waals surface area contributed by atoms with Crippen LogP contribution >= 0.6 is 0 Å². The van der Waals surface area contributed by atoms with Gasteiger partial charge in [-0.05, 0) is 6.92 Å². The van der Waals surface area contributed by atoms with Crippen molar-refractivity contribution in [2.75, 3.05) is 7.11 Å². The Hall–Kier alpha value is -1.36. The molecule has 0 saturated heterocycles. The Kier molecular flexibility index (Phi) is 3.02. The minimum Gasteiger partial charge on any atom is -0.469 e. The number of aromatic amines is 1. The van der Waals surface area contributed by atoms with Crippen LogP contribution in [0.5, 0.6) is 0 Å². The van der Waals surface area contributed by atoms with Crippen molar-refractivity contribution in [3.8, 4) is 0 Å². The van der Waals surface area contributed by atoms with Crippen LogP contribution in [0, 0.1) is 0 Å². The third-order valence-electron chi connectivity index (χ3n) is 1.68. The van der Waals surface area contributed by atoms with Gasteiger partial charge in [0.1, 0.15) is 12.2 Å². The second-order valence-corrected chi connectivity index (χ2v) is 2.83. The Morgan fingerprint density at radius 1 is 1.85 bits per heavy atom. The first-order valence-electron chi connectivity index (χ1n) is 3.99. The number of H-pyrrole nitrogens is 1. The minimum absolute atomic E-state index is 0.0982. The Morgan fingerprint density at radius 3 is 3.00 bits per heavy atom. The van der Waals surface area contributed by atoms with E-state index in [1.807, 2.05) is 6.92 Å². The number of carbonyl (C=O) groups excluding carboxylic acids is 1. The molecular weight excluding hydrogens is 170 g/mol. The van der Waals surface area contributed by atoms with Gasteiger partial charge in [0, 0.05) is 12.2 Å². The summed E-state index contributed by atoms with van der Waals surface area (Å²) in [6.45, 7) is 1.84. The number of nitrogens with zero attached hydrogens (tertiary/aromatic N) is 1. The van der Waals surface area contributed by atoms with Crippen molar-refractivity contribution >= 4 is 5.97 Å². The molecule has 0 spiro atoms. The first kappa shape index (κ1) is 9.73. The molecule has 0 aromatic carbocycles. The highest BCUT2D eigenvalue weighted by atomic mass is 16.5. The fraction of sp³-hybridized carbons (Fsp3) is 0.500. The van der Waals surface area contributed by atoms with Crippen LogP contribution in [0.4, 0.5) is 0 Å². The van der Waals surface area contributed by atoms with Crippen molar-refractivity contribution < 1.29 is 9.53 Å². The number of hydrogen-bond acceptors (Lipinski definition) is 4. The van der Waals surface area contributed by atoms with Gasteiger partial charge in [0.25, 0.3) is 0 Å². The molecule has 13 heavy (non-hydrogen) atoms. The van der Waals surface area contributed by atoms with Crippen LogP contribution in [-0.4, -0.2) is 23.0 Å². The molecule has 1 aromatic heterocycles. The molecule has 0 aliphatic rings. The molecule has 0 bridgehead atoms. The number of ether oxygens (including phenoxy) is 1. The maximum atomic E-state index is 10.8. The lowest BCUT2D eigenvalue weighted by atomic mass is 10.3. The zero-order valence-corrected chi connectivity index (χ0v) is 7.70. The molecular formula is C8H13N3O2. The van der Waals surface area contributed by atoms with Crippen LogP contribution in [0.25, 0.3) is 0 Å². The van der Waals surface area contributed by atoms with Gasteiger partial charge in [0.2, 0.25) is 0 Å². The first-order chi connectivity index (χ1) is 6.13. The number of esters is 1. The zero-order valence-electron chi connectivity index (χ0n) is 7.70. The van der Waals surface area contributed by atoms with E-state index in [9.17, 15) is 4.79 Å². The largest absolute Gasteiger partial charge is 0.469 e. The van der Waals surface area contributed by atoms with Gasteiger partial charge in [-0.25, -0.2) is 4.98 Å². The second kappa shape index (κ2) is 4.04. The summed E-state index contributed by atoms with van der Waals surface area (Å²) in [5.41, 5.74) is 6.42. The number of carbonyl (C=O) groups is 1. The van der Waals surface area contributed by atoms with Crippen LogP contribution in [0.1, 0.15) is 24.5 Å². The van der Waals surface area contributed by atoms with Crippen molar-refractivity contribution in [3.05, 3.63) is 17.7 Å². The molecule has 5 heteroatoms.